The maximum Gasteiger partial charge on any atom is 0.490 e. The zero-order valence-electron chi connectivity index (χ0n) is 17.6. The van der Waals surface area contributed by atoms with E-state index in [9.17, 15) is 22.0 Å². The molecule has 0 aliphatic carbocycles. The lowest BCUT2D eigenvalue weighted by molar-refractivity contribution is -0.192. The fourth-order valence-electron chi connectivity index (χ4n) is 2.80. The van der Waals surface area contributed by atoms with Gasteiger partial charge in [0.05, 0.1) is 22.3 Å². The normalized spacial score (nSPS) is 11.9. The van der Waals surface area contributed by atoms with Crippen LogP contribution in [0.2, 0.25) is 0 Å². The molecule has 0 fully saturated rings. The summed E-state index contributed by atoms with van der Waals surface area (Å²) in [5.41, 5.74) is 2.41. The Labute approximate surface area is 184 Å². The van der Waals surface area contributed by atoms with Crippen molar-refractivity contribution in [2.45, 2.75) is 32.4 Å². The van der Waals surface area contributed by atoms with Crippen LogP contribution in [0.15, 0.2) is 47.0 Å². The summed E-state index contributed by atoms with van der Waals surface area (Å²) in [5.74, 6) is -2.92. The van der Waals surface area contributed by atoms with Gasteiger partial charge >= 0.3 is 12.1 Å². The van der Waals surface area contributed by atoms with Gasteiger partial charge in [0.15, 0.2) is 5.82 Å². The molecule has 0 saturated heterocycles. The Bertz CT molecular complexity index is 1280. The number of halogens is 5. The van der Waals surface area contributed by atoms with Crippen LogP contribution < -0.4 is 0 Å². The number of benzene rings is 2. The number of imidazole rings is 1. The molecule has 4 rings (SSSR count). The van der Waals surface area contributed by atoms with Crippen molar-refractivity contribution in [3.63, 3.8) is 0 Å². The molecule has 0 aliphatic heterocycles. The van der Waals surface area contributed by atoms with Gasteiger partial charge in [0, 0.05) is 11.5 Å². The highest BCUT2D eigenvalue weighted by Crippen LogP contribution is 2.31. The summed E-state index contributed by atoms with van der Waals surface area (Å²) in [7, 11) is 0. The van der Waals surface area contributed by atoms with E-state index >= 15 is 0 Å². The van der Waals surface area contributed by atoms with Crippen LogP contribution in [0.3, 0.4) is 0 Å². The van der Waals surface area contributed by atoms with Gasteiger partial charge in [-0.15, -0.1) is 0 Å². The van der Waals surface area contributed by atoms with Crippen molar-refractivity contribution in [3.05, 3.63) is 59.8 Å². The Kier molecular flexibility index (Phi) is 6.26. The van der Waals surface area contributed by atoms with E-state index in [4.69, 9.17) is 14.4 Å². The number of aromatic amines is 1. The van der Waals surface area contributed by atoms with Crippen LogP contribution >= 0.6 is 0 Å². The average molecular weight is 467 g/mol. The molecule has 0 unspecified atom stereocenters. The summed E-state index contributed by atoms with van der Waals surface area (Å²) in [4.78, 5) is 16.5. The van der Waals surface area contributed by atoms with Crippen LogP contribution in [-0.2, 0) is 10.2 Å². The van der Waals surface area contributed by atoms with Gasteiger partial charge in [-0.3, -0.25) is 0 Å². The molecule has 0 radical (unpaired) electrons. The van der Waals surface area contributed by atoms with Crippen molar-refractivity contribution in [1.29, 1.82) is 0 Å². The Morgan fingerprint density at radius 1 is 1.03 bits per heavy atom. The molecule has 4 aromatic rings. The second-order valence-corrected chi connectivity index (χ2v) is 8.04. The topological polar surface area (TPSA) is 92.0 Å². The van der Waals surface area contributed by atoms with E-state index in [1.165, 1.54) is 18.2 Å². The van der Waals surface area contributed by atoms with Gasteiger partial charge in [0.1, 0.15) is 11.6 Å². The predicted molar refractivity (Wildman–Crippen MR) is 109 cm³/mol. The minimum Gasteiger partial charge on any atom is -0.475 e. The minimum absolute atomic E-state index is 0.0553. The monoisotopic (exact) mass is 467 g/mol. The van der Waals surface area contributed by atoms with Crippen molar-refractivity contribution in [3.8, 4) is 22.7 Å². The molecule has 6 nitrogen and oxygen atoms in total. The van der Waals surface area contributed by atoms with E-state index < -0.39 is 23.8 Å². The highest BCUT2D eigenvalue weighted by atomic mass is 19.4. The second-order valence-electron chi connectivity index (χ2n) is 8.04. The number of carbonyl (C=O) groups is 1. The summed E-state index contributed by atoms with van der Waals surface area (Å²) in [5, 5.41) is 11.2. The fourth-order valence-corrected chi connectivity index (χ4v) is 2.80. The molecule has 2 aromatic carbocycles. The summed E-state index contributed by atoms with van der Waals surface area (Å²) in [6, 6.07) is 10.7. The van der Waals surface area contributed by atoms with Gasteiger partial charge in [0.2, 0.25) is 5.76 Å². The number of aliphatic carboxylic acids is 1. The third kappa shape index (κ3) is 5.36. The Morgan fingerprint density at radius 2 is 1.64 bits per heavy atom. The number of aromatic nitrogens is 3. The van der Waals surface area contributed by atoms with E-state index in [-0.39, 0.29) is 11.0 Å². The molecule has 0 atom stereocenters. The summed E-state index contributed by atoms with van der Waals surface area (Å²) in [6.45, 7) is 6.13. The highest BCUT2D eigenvalue weighted by Gasteiger charge is 2.38. The average Bonchev–Trinajstić information content (AvgIpc) is 3.34. The summed E-state index contributed by atoms with van der Waals surface area (Å²) >= 11 is 0. The number of carboxylic acid groups (broad SMARTS) is 1. The first-order chi connectivity index (χ1) is 15.3. The van der Waals surface area contributed by atoms with Crippen molar-refractivity contribution < 1.29 is 36.4 Å². The van der Waals surface area contributed by atoms with E-state index in [2.05, 4.69) is 15.1 Å². The number of rotatable bonds is 2. The molecule has 0 spiro atoms. The fraction of sp³-hybridized carbons (Fsp3) is 0.227. The molecule has 0 saturated carbocycles. The number of H-pyrrole nitrogens is 1. The van der Waals surface area contributed by atoms with Crippen LogP contribution in [-0.4, -0.2) is 32.4 Å². The molecule has 33 heavy (non-hydrogen) atoms. The molecule has 0 amide bonds. The second kappa shape index (κ2) is 8.64. The van der Waals surface area contributed by atoms with E-state index in [1.807, 2.05) is 26.8 Å². The lowest BCUT2D eigenvalue weighted by Gasteiger charge is -2.12. The van der Waals surface area contributed by atoms with Gasteiger partial charge in [0.25, 0.3) is 0 Å². The molecule has 2 N–H and O–H groups in total. The SMILES string of the molecule is CC(C)(C)c1cc(-c2nc3ccc(-c4c(F)cccc4F)cc3[nH]2)on1.O=C(O)C(F)(F)F. The van der Waals surface area contributed by atoms with Crippen LogP contribution in [0, 0.1) is 11.6 Å². The molecule has 174 valence electrons. The molecule has 0 bridgehead atoms. The standard InChI is InChI=1S/C20H17F2N3O.C2HF3O2/c1-20(2,3)17-10-16(26-25-17)19-23-14-8-7-11(9-15(14)24-19)18-12(21)5-4-6-13(18)22;3-2(4,5)1(6)7/h4-10H,1-3H3,(H,23,24);(H,6,7). The maximum absolute atomic E-state index is 14.0. The molecule has 2 aromatic heterocycles. The first kappa shape index (κ1) is 23.9. The van der Waals surface area contributed by atoms with Crippen LogP contribution in [0.25, 0.3) is 33.7 Å². The van der Waals surface area contributed by atoms with Crippen molar-refractivity contribution >= 4 is 17.0 Å². The van der Waals surface area contributed by atoms with Crippen molar-refractivity contribution in [2.24, 2.45) is 0 Å². The maximum atomic E-state index is 14.0. The molecule has 11 heteroatoms. The smallest absolute Gasteiger partial charge is 0.475 e. The van der Waals surface area contributed by atoms with Gasteiger partial charge < -0.3 is 14.6 Å². The number of carboxylic acids is 1. The number of hydrogen-bond donors (Lipinski definition) is 2. The van der Waals surface area contributed by atoms with Crippen molar-refractivity contribution in [1.82, 2.24) is 15.1 Å². The first-order valence-electron chi connectivity index (χ1n) is 9.49. The van der Waals surface area contributed by atoms with Gasteiger partial charge in [-0.1, -0.05) is 38.1 Å². The zero-order chi connectivity index (χ0) is 24.6. The first-order valence-corrected chi connectivity index (χ1v) is 9.49. The summed E-state index contributed by atoms with van der Waals surface area (Å²) < 4.78 is 65.2. The number of nitrogens with one attached hydrogen (secondary N) is 1. The molecule has 2 heterocycles. The van der Waals surface area contributed by atoms with E-state index in [0.29, 0.717) is 28.2 Å². The quantitative estimate of drug-likeness (QED) is 0.348. The van der Waals surface area contributed by atoms with E-state index in [1.54, 1.807) is 18.2 Å². The van der Waals surface area contributed by atoms with Gasteiger partial charge in [-0.05, 0) is 29.8 Å². The largest absolute Gasteiger partial charge is 0.490 e. The third-order valence-corrected chi connectivity index (χ3v) is 4.49. The number of hydrogen-bond acceptors (Lipinski definition) is 4. The van der Waals surface area contributed by atoms with Gasteiger partial charge in [-0.2, -0.15) is 13.2 Å². The van der Waals surface area contributed by atoms with E-state index in [0.717, 1.165) is 5.69 Å². The Morgan fingerprint density at radius 3 is 2.15 bits per heavy atom. The molecular formula is C22H18F5N3O3. The summed E-state index contributed by atoms with van der Waals surface area (Å²) in [6.07, 6.45) is -5.08. The van der Waals surface area contributed by atoms with Gasteiger partial charge in [-0.25, -0.2) is 18.6 Å². The Hall–Kier alpha value is -3.76. The number of nitrogens with zero attached hydrogens (tertiary/aromatic N) is 2. The Balaban J connectivity index is 0.000000383. The minimum atomic E-state index is -5.08. The van der Waals surface area contributed by atoms with Crippen LogP contribution in [0.1, 0.15) is 26.5 Å². The van der Waals surface area contributed by atoms with Crippen LogP contribution in [0.4, 0.5) is 22.0 Å². The molecule has 0 aliphatic rings. The van der Waals surface area contributed by atoms with Crippen molar-refractivity contribution in [2.75, 3.05) is 0 Å². The third-order valence-electron chi connectivity index (χ3n) is 4.49. The lowest BCUT2D eigenvalue weighted by atomic mass is 9.92. The number of alkyl halides is 3. The lowest BCUT2D eigenvalue weighted by Crippen LogP contribution is -2.21. The zero-order valence-corrected chi connectivity index (χ0v) is 17.6. The predicted octanol–water partition coefficient (Wildman–Crippen LogP) is 6.09. The van der Waals surface area contributed by atoms with Crippen LogP contribution in [0.5, 0.6) is 0 Å². The highest BCUT2D eigenvalue weighted by molar-refractivity contribution is 5.84. The number of fused-ring (bicyclic) bond motifs is 1. The molecular weight excluding hydrogens is 449 g/mol.